The van der Waals surface area contributed by atoms with Crippen LogP contribution in [0.4, 0.5) is 5.82 Å². The fourth-order valence-corrected chi connectivity index (χ4v) is 2.67. The van der Waals surface area contributed by atoms with E-state index in [1.165, 1.54) is 4.68 Å². The minimum atomic E-state index is -0.310. The predicted molar refractivity (Wildman–Crippen MR) is 100 cm³/mol. The number of hydrogen-bond acceptors (Lipinski definition) is 4. The molecule has 2 aromatic carbocycles. The Labute approximate surface area is 154 Å². The highest BCUT2D eigenvalue weighted by Gasteiger charge is 2.17. The molecule has 6 nitrogen and oxygen atoms in total. The molecular formula is C18H18BrN5O. The summed E-state index contributed by atoms with van der Waals surface area (Å²) in [5.41, 5.74) is 8.38. The van der Waals surface area contributed by atoms with Crippen LogP contribution in [0, 0.1) is 0 Å². The first kappa shape index (κ1) is 17.2. The van der Waals surface area contributed by atoms with E-state index in [1.54, 1.807) is 0 Å². The molecule has 3 rings (SSSR count). The van der Waals surface area contributed by atoms with Gasteiger partial charge in [0.2, 0.25) is 0 Å². The van der Waals surface area contributed by atoms with E-state index >= 15 is 0 Å². The highest BCUT2D eigenvalue weighted by atomic mass is 79.9. The molecule has 0 bridgehead atoms. The molecule has 0 aliphatic heterocycles. The number of anilines is 1. The van der Waals surface area contributed by atoms with Gasteiger partial charge in [-0.1, -0.05) is 63.6 Å². The lowest BCUT2D eigenvalue weighted by Crippen LogP contribution is -2.27. The molecule has 7 heteroatoms. The van der Waals surface area contributed by atoms with Gasteiger partial charge in [-0.05, 0) is 29.7 Å². The number of nitrogens with two attached hydrogens (primary N) is 1. The maximum Gasteiger partial charge on any atom is 0.275 e. The topological polar surface area (TPSA) is 85.8 Å². The summed E-state index contributed by atoms with van der Waals surface area (Å²) in [6.07, 6.45) is 0.750. The van der Waals surface area contributed by atoms with Crippen LogP contribution in [0.1, 0.15) is 21.6 Å². The molecule has 128 valence electrons. The van der Waals surface area contributed by atoms with Crippen LogP contribution < -0.4 is 11.1 Å². The van der Waals surface area contributed by atoms with Crippen molar-refractivity contribution in [2.24, 2.45) is 0 Å². The smallest absolute Gasteiger partial charge is 0.275 e. The van der Waals surface area contributed by atoms with Gasteiger partial charge in [0, 0.05) is 11.0 Å². The number of nitrogen functional groups attached to an aromatic ring is 1. The van der Waals surface area contributed by atoms with E-state index in [1.807, 2.05) is 54.6 Å². The first-order chi connectivity index (χ1) is 12.1. The average Bonchev–Trinajstić information content (AvgIpc) is 2.98. The molecule has 0 radical (unpaired) electrons. The van der Waals surface area contributed by atoms with Crippen molar-refractivity contribution >= 4 is 27.7 Å². The van der Waals surface area contributed by atoms with Crippen molar-refractivity contribution in [2.75, 3.05) is 12.3 Å². The summed E-state index contributed by atoms with van der Waals surface area (Å²) in [6, 6.07) is 17.8. The van der Waals surface area contributed by atoms with Crippen molar-refractivity contribution in [3.05, 3.63) is 75.9 Å². The number of benzene rings is 2. The number of rotatable bonds is 6. The molecule has 0 atom stereocenters. The second kappa shape index (κ2) is 7.94. The van der Waals surface area contributed by atoms with Gasteiger partial charge in [-0.15, -0.1) is 5.10 Å². The zero-order valence-electron chi connectivity index (χ0n) is 13.5. The molecule has 3 N–H and O–H groups in total. The number of nitrogens with zero attached hydrogens (tertiary/aromatic N) is 3. The van der Waals surface area contributed by atoms with E-state index in [9.17, 15) is 4.79 Å². The Kier molecular flexibility index (Phi) is 5.45. The van der Waals surface area contributed by atoms with Crippen molar-refractivity contribution < 1.29 is 4.79 Å². The summed E-state index contributed by atoms with van der Waals surface area (Å²) < 4.78 is 2.52. The van der Waals surface area contributed by atoms with Crippen molar-refractivity contribution in [2.45, 2.75) is 13.0 Å². The van der Waals surface area contributed by atoms with E-state index in [-0.39, 0.29) is 17.4 Å². The summed E-state index contributed by atoms with van der Waals surface area (Å²) in [6.45, 7) is 0.977. The number of carbonyl (C=O) groups excluding carboxylic acids is 1. The molecule has 3 aromatic rings. The van der Waals surface area contributed by atoms with E-state index in [2.05, 4.69) is 31.6 Å². The monoisotopic (exact) mass is 399 g/mol. The number of nitrogens with one attached hydrogen (secondary N) is 1. The van der Waals surface area contributed by atoms with Crippen LogP contribution in [0.2, 0.25) is 0 Å². The Morgan fingerprint density at radius 1 is 1.08 bits per heavy atom. The molecule has 0 aliphatic rings. The second-order valence-electron chi connectivity index (χ2n) is 5.60. The number of aromatic nitrogens is 3. The largest absolute Gasteiger partial charge is 0.382 e. The number of carbonyl (C=O) groups is 1. The minimum absolute atomic E-state index is 0.158. The summed E-state index contributed by atoms with van der Waals surface area (Å²) >= 11 is 3.40. The quantitative estimate of drug-likeness (QED) is 0.666. The normalized spacial score (nSPS) is 10.6. The molecule has 0 aliphatic carbocycles. The molecule has 0 spiro atoms. The molecular weight excluding hydrogens is 382 g/mol. The maximum atomic E-state index is 12.3. The SMILES string of the molecule is Nc1c(C(=O)NCCc2ccccc2)nnn1Cc1ccc(Br)cc1. The molecule has 0 unspecified atom stereocenters. The molecule has 0 fully saturated rings. The Morgan fingerprint density at radius 2 is 1.80 bits per heavy atom. The number of halogens is 1. The van der Waals surface area contributed by atoms with Gasteiger partial charge in [-0.2, -0.15) is 0 Å². The van der Waals surface area contributed by atoms with Gasteiger partial charge < -0.3 is 11.1 Å². The predicted octanol–water partition coefficient (Wildman–Crippen LogP) is 2.64. The lowest BCUT2D eigenvalue weighted by Gasteiger charge is -2.05. The Hall–Kier alpha value is -2.67. The van der Waals surface area contributed by atoms with Gasteiger partial charge in [0.15, 0.2) is 11.5 Å². The fourth-order valence-electron chi connectivity index (χ4n) is 2.41. The van der Waals surface area contributed by atoms with Crippen LogP contribution in [0.15, 0.2) is 59.1 Å². The highest BCUT2D eigenvalue weighted by molar-refractivity contribution is 9.10. The number of hydrogen-bond donors (Lipinski definition) is 2. The van der Waals surface area contributed by atoms with Crippen molar-refractivity contribution in [3.8, 4) is 0 Å². The summed E-state index contributed by atoms with van der Waals surface area (Å²) in [7, 11) is 0. The van der Waals surface area contributed by atoms with Crippen LogP contribution in [-0.4, -0.2) is 27.4 Å². The molecule has 1 amide bonds. The van der Waals surface area contributed by atoms with Crippen LogP contribution in [0.3, 0.4) is 0 Å². The minimum Gasteiger partial charge on any atom is -0.382 e. The van der Waals surface area contributed by atoms with Crippen LogP contribution in [0.25, 0.3) is 0 Å². The van der Waals surface area contributed by atoms with Gasteiger partial charge >= 0.3 is 0 Å². The van der Waals surface area contributed by atoms with Crippen LogP contribution in [-0.2, 0) is 13.0 Å². The zero-order chi connectivity index (χ0) is 17.6. The highest BCUT2D eigenvalue weighted by Crippen LogP contribution is 2.14. The van der Waals surface area contributed by atoms with Gasteiger partial charge in [-0.3, -0.25) is 4.79 Å². The first-order valence-electron chi connectivity index (χ1n) is 7.89. The third kappa shape index (κ3) is 4.45. The first-order valence-corrected chi connectivity index (χ1v) is 8.68. The third-order valence-electron chi connectivity index (χ3n) is 3.78. The standard InChI is InChI=1S/C18H18BrN5O/c19-15-8-6-14(7-9-15)12-24-17(20)16(22-23-24)18(25)21-11-10-13-4-2-1-3-5-13/h1-9H,10-12,20H2,(H,21,25). The van der Waals surface area contributed by atoms with Crippen molar-refractivity contribution in [1.29, 1.82) is 0 Å². The van der Waals surface area contributed by atoms with Crippen molar-refractivity contribution in [3.63, 3.8) is 0 Å². The van der Waals surface area contributed by atoms with Crippen molar-refractivity contribution in [1.82, 2.24) is 20.3 Å². The second-order valence-corrected chi connectivity index (χ2v) is 6.51. The van der Waals surface area contributed by atoms with E-state index in [0.717, 1.165) is 22.0 Å². The Bertz CT molecular complexity index is 846. The molecule has 1 heterocycles. The Balaban J connectivity index is 1.60. The lowest BCUT2D eigenvalue weighted by molar-refractivity contribution is 0.0950. The van der Waals surface area contributed by atoms with Crippen LogP contribution in [0.5, 0.6) is 0 Å². The van der Waals surface area contributed by atoms with E-state index in [4.69, 9.17) is 5.73 Å². The summed E-state index contributed by atoms with van der Waals surface area (Å²) in [5.74, 6) is -0.0457. The van der Waals surface area contributed by atoms with Crippen LogP contribution >= 0.6 is 15.9 Å². The molecule has 0 saturated carbocycles. The van der Waals surface area contributed by atoms with Gasteiger partial charge in [0.05, 0.1) is 6.54 Å². The third-order valence-corrected chi connectivity index (χ3v) is 4.30. The molecule has 0 saturated heterocycles. The van der Waals surface area contributed by atoms with E-state index < -0.39 is 0 Å². The average molecular weight is 400 g/mol. The molecule has 1 aromatic heterocycles. The maximum absolute atomic E-state index is 12.3. The van der Waals surface area contributed by atoms with Gasteiger partial charge in [0.1, 0.15) is 0 Å². The fraction of sp³-hybridized carbons (Fsp3) is 0.167. The van der Waals surface area contributed by atoms with Gasteiger partial charge in [-0.25, -0.2) is 4.68 Å². The lowest BCUT2D eigenvalue weighted by atomic mass is 10.1. The summed E-state index contributed by atoms with van der Waals surface area (Å²) in [5, 5.41) is 10.7. The zero-order valence-corrected chi connectivity index (χ0v) is 15.1. The molecule has 25 heavy (non-hydrogen) atoms. The Morgan fingerprint density at radius 3 is 2.52 bits per heavy atom. The summed E-state index contributed by atoms with van der Waals surface area (Å²) in [4.78, 5) is 12.3. The number of amides is 1. The van der Waals surface area contributed by atoms with Gasteiger partial charge in [0.25, 0.3) is 5.91 Å². The van der Waals surface area contributed by atoms with E-state index in [0.29, 0.717) is 13.1 Å².